The van der Waals surface area contributed by atoms with E-state index < -0.39 is 0 Å². The van der Waals surface area contributed by atoms with E-state index in [-0.39, 0.29) is 0 Å². The number of aromatic nitrogens is 3. The molecule has 112 valence electrons. The predicted octanol–water partition coefficient (Wildman–Crippen LogP) is 2.67. The van der Waals surface area contributed by atoms with Crippen LogP contribution >= 0.6 is 0 Å². The van der Waals surface area contributed by atoms with Crippen LogP contribution in [-0.2, 0) is 0 Å². The van der Waals surface area contributed by atoms with E-state index in [9.17, 15) is 0 Å². The summed E-state index contributed by atoms with van der Waals surface area (Å²) in [4.78, 5) is 8.77. The Bertz CT molecular complexity index is 627. The molecule has 1 unspecified atom stereocenters. The first-order valence-corrected chi connectivity index (χ1v) is 7.73. The van der Waals surface area contributed by atoms with Crippen molar-refractivity contribution in [2.45, 2.75) is 44.9 Å². The molecule has 2 aromatic rings. The maximum atomic E-state index is 5.57. The highest BCUT2D eigenvalue weighted by Crippen LogP contribution is 2.49. The summed E-state index contributed by atoms with van der Waals surface area (Å²) in [5, 5.41) is 7.63. The van der Waals surface area contributed by atoms with E-state index in [1.807, 2.05) is 6.92 Å². The van der Waals surface area contributed by atoms with Crippen molar-refractivity contribution in [1.29, 1.82) is 0 Å². The summed E-state index contributed by atoms with van der Waals surface area (Å²) in [6.45, 7) is 3.86. The zero-order valence-electron chi connectivity index (χ0n) is 12.3. The molecule has 1 N–H and O–H groups in total. The molecule has 6 heteroatoms. The van der Waals surface area contributed by atoms with Gasteiger partial charge in [0.25, 0.3) is 0 Å². The van der Waals surface area contributed by atoms with Crippen LogP contribution in [0.3, 0.4) is 0 Å². The van der Waals surface area contributed by atoms with Crippen LogP contribution in [0.4, 0.5) is 0 Å². The Labute approximate surface area is 123 Å². The first-order valence-electron chi connectivity index (χ1n) is 7.73. The molecule has 0 aromatic carbocycles. The molecule has 21 heavy (non-hydrogen) atoms. The quantitative estimate of drug-likeness (QED) is 0.915. The summed E-state index contributed by atoms with van der Waals surface area (Å²) in [6.07, 6.45) is 7.89. The maximum absolute atomic E-state index is 5.57. The molecule has 1 spiro atoms. The second-order valence-corrected chi connectivity index (χ2v) is 6.32. The fourth-order valence-electron chi connectivity index (χ4n) is 3.93. The second-order valence-electron chi connectivity index (χ2n) is 6.32. The molecule has 1 aliphatic carbocycles. The monoisotopic (exact) mass is 288 g/mol. The largest absolute Gasteiger partial charge is 0.448 e. The minimum Gasteiger partial charge on any atom is -0.448 e. The highest BCUT2D eigenvalue weighted by Gasteiger charge is 2.46. The standard InChI is InChI=1S/C15H20N4O2/c1-10-12(17-9-20-10)13-18-14(21-19-13)11-7-16-8-15(11)5-3-2-4-6-15/h9,11,16H,2-8H2,1H3. The van der Waals surface area contributed by atoms with E-state index in [4.69, 9.17) is 8.94 Å². The van der Waals surface area contributed by atoms with Gasteiger partial charge in [-0.3, -0.25) is 0 Å². The molecule has 6 nitrogen and oxygen atoms in total. The van der Waals surface area contributed by atoms with Gasteiger partial charge in [-0.15, -0.1) is 0 Å². The summed E-state index contributed by atoms with van der Waals surface area (Å²) in [6, 6.07) is 0. The van der Waals surface area contributed by atoms with Crippen LogP contribution in [-0.4, -0.2) is 28.2 Å². The highest BCUT2D eigenvalue weighted by molar-refractivity contribution is 5.50. The molecule has 1 aliphatic heterocycles. The summed E-state index contributed by atoms with van der Waals surface area (Å²) >= 11 is 0. The van der Waals surface area contributed by atoms with Crippen molar-refractivity contribution in [2.75, 3.05) is 13.1 Å². The van der Waals surface area contributed by atoms with Crippen molar-refractivity contribution in [2.24, 2.45) is 5.41 Å². The Morgan fingerprint density at radius 3 is 2.90 bits per heavy atom. The zero-order chi connectivity index (χ0) is 14.3. The molecule has 3 heterocycles. The number of hydrogen-bond acceptors (Lipinski definition) is 6. The lowest BCUT2D eigenvalue weighted by Crippen LogP contribution is -2.31. The van der Waals surface area contributed by atoms with Crippen LogP contribution in [0.5, 0.6) is 0 Å². The van der Waals surface area contributed by atoms with Crippen LogP contribution in [0.15, 0.2) is 15.3 Å². The minimum absolute atomic E-state index is 0.306. The smallest absolute Gasteiger partial charge is 0.232 e. The molecule has 2 aromatic heterocycles. The van der Waals surface area contributed by atoms with Gasteiger partial charge in [0, 0.05) is 13.1 Å². The van der Waals surface area contributed by atoms with Crippen molar-refractivity contribution in [3.63, 3.8) is 0 Å². The number of nitrogens with one attached hydrogen (secondary N) is 1. The Hall–Kier alpha value is -1.69. The molecule has 1 atom stereocenters. The van der Waals surface area contributed by atoms with Gasteiger partial charge in [-0.2, -0.15) is 4.98 Å². The van der Waals surface area contributed by atoms with E-state index in [1.54, 1.807) is 0 Å². The first kappa shape index (κ1) is 13.0. The lowest BCUT2D eigenvalue weighted by Gasteiger charge is -2.36. The predicted molar refractivity (Wildman–Crippen MR) is 75.7 cm³/mol. The third kappa shape index (κ3) is 2.09. The van der Waals surface area contributed by atoms with Crippen LogP contribution in [0.1, 0.15) is 49.7 Å². The van der Waals surface area contributed by atoms with Gasteiger partial charge in [0.15, 0.2) is 12.1 Å². The van der Waals surface area contributed by atoms with Crippen LogP contribution in [0.2, 0.25) is 0 Å². The normalized spacial score (nSPS) is 24.7. The molecule has 1 saturated heterocycles. The highest BCUT2D eigenvalue weighted by atomic mass is 16.5. The number of hydrogen-bond donors (Lipinski definition) is 1. The Balaban J connectivity index is 1.64. The third-order valence-electron chi connectivity index (χ3n) is 5.11. The van der Waals surface area contributed by atoms with Crippen molar-refractivity contribution >= 4 is 0 Å². The van der Waals surface area contributed by atoms with Crippen LogP contribution in [0.25, 0.3) is 11.5 Å². The molecule has 1 saturated carbocycles. The average Bonchev–Trinajstić information content (AvgIpc) is 3.19. The van der Waals surface area contributed by atoms with Gasteiger partial charge >= 0.3 is 0 Å². The van der Waals surface area contributed by atoms with Crippen molar-refractivity contribution in [3.8, 4) is 11.5 Å². The topological polar surface area (TPSA) is 77.0 Å². The number of nitrogens with zero attached hydrogens (tertiary/aromatic N) is 3. The lowest BCUT2D eigenvalue weighted by atomic mass is 9.67. The summed E-state index contributed by atoms with van der Waals surface area (Å²) in [7, 11) is 0. The van der Waals surface area contributed by atoms with Gasteiger partial charge in [-0.25, -0.2) is 4.98 Å². The molecule has 0 radical (unpaired) electrons. The molecule has 0 bridgehead atoms. The fourth-order valence-corrected chi connectivity index (χ4v) is 3.93. The number of rotatable bonds is 2. The molecular formula is C15H20N4O2. The summed E-state index contributed by atoms with van der Waals surface area (Å²) < 4.78 is 10.8. The summed E-state index contributed by atoms with van der Waals surface area (Å²) in [5.74, 6) is 2.33. The van der Waals surface area contributed by atoms with E-state index >= 15 is 0 Å². The van der Waals surface area contributed by atoms with Gasteiger partial charge in [-0.1, -0.05) is 24.4 Å². The van der Waals surface area contributed by atoms with E-state index in [2.05, 4.69) is 20.4 Å². The Kier molecular flexibility index (Phi) is 3.06. The van der Waals surface area contributed by atoms with E-state index in [1.165, 1.54) is 38.5 Å². The van der Waals surface area contributed by atoms with Crippen LogP contribution in [0, 0.1) is 12.3 Å². The maximum Gasteiger partial charge on any atom is 0.232 e. The molecular weight excluding hydrogens is 268 g/mol. The zero-order valence-corrected chi connectivity index (χ0v) is 12.3. The van der Waals surface area contributed by atoms with Gasteiger partial charge in [0.05, 0.1) is 5.92 Å². The van der Waals surface area contributed by atoms with Crippen LogP contribution < -0.4 is 5.32 Å². The number of oxazole rings is 1. The van der Waals surface area contributed by atoms with Crippen molar-refractivity contribution < 1.29 is 8.94 Å². The van der Waals surface area contributed by atoms with Gasteiger partial charge < -0.3 is 14.3 Å². The molecule has 2 fully saturated rings. The molecule has 0 amide bonds. The van der Waals surface area contributed by atoms with Gasteiger partial charge in [0.1, 0.15) is 5.76 Å². The van der Waals surface area contributed by atoms with E-state index in [0.717, 1.165) is 24.7 Å². The average molecular weight is 288 g/mol. The second kappa shape index (κ2) is 4.94. The fraction of sp³-hybridized carbons (Fsp3) is 0.667. The minimum atomic E-state index is 0.306. The molecule has 2 aliphatic rings. The Morgan fingerprint density at radius 2 is 2.14 bits per heavy atom. The van der Waals surface area contributed by atoms with Gasteiger partial charge in [-0.05, 0) is 25.2 Å². The number of aryl methyl sites for hydroxylation is 1. The molecule has 4 rings (SSSR count). The summed E-state index contributed by atoms with van der Waals surface area (Å²) in [5.41, 5.74) is 0.981. The lowest BCUT2D eigenvalue weighted by molar-refractivity contribution is 0.165. The van der Waals surface area contributed by atoms with Crippen molar-refractivity contribution in [3.05, 3.63) is 18.0 Å². The van der Waals surface area contributed by atoms with Gasteiger partial charge in [0.2, 0.25) is 11.7 Å². The van der Waals surface area contributed by atoms with Crippen molar-refractivity contribution in [1.82, 2.24) is 20.4 Å². The first-order chi connectivity index (χ1) is 10.3. The third-order valence-corrected chi connectivity index (χ3v) is 5.11. The van der Waals surface area contributed by atoms with E-state index in [0.29, 0.717) is 22.9 Å². The SMILES string of the molecule is Cc1ocnc1-c1noc(C2CNCC23CCCCC3)n1. The Morgan fingerprint density at radius 1 is 1.29 bits per heavy atom.